The van der Waals surface area contributed by atoms with Gasteiger partial charge in [0.25, 0.3) is 0 Å². The lowest BCUT2D eigenvalue weighted by atomic mass is 10.00. The van der Waals surface area contributed by atoms with Crippen LogP contribution in [0.25, 0.3) is 0 Å². The number of benzene rings is 2. The number of aryl methyl sites for hydroxylation is 1. The molecular formula is C15H11NO3. The first-order valence-electron chi connectivity index (χ1n) is 5.60. The molecule has 0 aliphatic carbocycles. The molecule has 4 heteroatoms. The van der Waals surface area contributed by atoms with Gasteiger partial charge in [0.1, 0.15) is 6.07 Å². The van der Waals surface area contributed by atoms with Crippen LogP contribution in [0.15, 0.2) is 36.4 Å². The van der Waals surface area contributed by atoms with Gasteiger partial charge in [-0.1, -0.05) is 29.8 Å². The Hall–Kier alpha value is -2.80. The fourth-order valence-corrected chi connectivity index (χ4v) is 1.71. The zero-order valence-electron chi connectivity index (χ0n) is 10.2. The predicted octanol–water partition coefficient (Wildman–Crippen LogP) is 2.51. The Bertz CT molecular complexity index is 682. The van der Waals surface area contributed by atoms with Gasteiger partial charge in [0.2, 0.25) is 0 Å². The standard InChI is InChI=1S/C15H11NO3/c1-9-2-4-10(5-3-9)14(18)11-6-12(8-16)15(19)13(17)7-11/h2-7,17,19H,1H3. The van der Waals surface area contributed by atoms with E-state index in [-0.39, 0.29) is 16.9 Å². The van der Waals surface area contributed by atoms with Crippen molar-refractivity contribution in [2.75, 3.05) is 0 Å². The van der Waals surface area contributed by atoms with Crippen molar-refractivity contribution in [2.45, 2.75) is 6.92 Å². The van der Waals surface area contributed by atoms with E-state index < -0.39 is 11.5 Å². The van der Waals surface area contributed by atoms with Crippen molar-refractivity contribution < 1.29 is 15.0 Å². The van der Waals surface area contributed by atoms with Crippen LogP contribution in [0.5, 0.6) is 11.5 Å². The molecule has 0 bridgehead atoms. The maximum atomic E-state index is 12.2. The number of hydrogen-bond acceptors (Lipinski definition) is 4. The number of aromatic hydroxyl groups is 2. The molecule has 0 amide bonds. The SMILES string of the molecule is Cc1ccc(C(=O)c2cc(O)c(O)c(C#N)c2)cc1. The van der Waals surface area contributed by atoms with E-state index in [4.69, 9.17) is 5.26 Å². The van der Waals surface area contributed by atoms with Gasteiger partial charge in [-0.2, -0.15) is 5.26 Å². The summed E-state index contributed by atoms with van der Waals surface area (Å²) in [5, 5.41) is 27.7. The molecule has 0 radical (unpaired) electrons. The zero-order chi connectivity index (χ0) is 14.0. The smallest absolute Gasteiger partial charge is 0.193 e. The molecule has 0 aromatic heterocycles. The van der Waals surface area contributed by atoms with E-state index in [1.54, 1.807) is 30.3 Å². The molecule has 0 aliphatic rings. The molecule has 94 valence electrons. The lowest BCUT2D eigenvalue weighted by Gasteiger charge is -2.05. The molecule has 0 spiro atoms. The van der Waals surface area contributed by atoms with Crippen LogP contribution in [0.2, 0.25) is 0 Å². The Morgan fingerprint density at radius 2 is 1.74 bits per heavy atom. The van der Waals surface area contributed by atoms with E-state index >= 15 is 0 Å². The Kier molecular flexibility index (Phi) is 3.21. The topological polar surface area (TPSA) is 81.3 Å². The average Bonchev–Trinajstić information content (AvgIpc) is 2.41. The summed E-state index contributed by atoms with van der Waals surface area (Å²) in [6, 6.07) is 11.1. The second-order valence-corrected chi connectivity index (χ2v) is 4.20. The monoisotopic (exact) mass is 253 g/mol. The van der Waals surface area contributed by atoms with Gasteiger partial charge < -0.3 is 10.2 Å². The van der Waals surface area contributed by atoms with Crippen molar-refractivity contribution >= 4 is 5.78 Å². The van der Waals surface area contributed by atoms with Crippen LogP contribution in [0.3, 0.4) is 0 Å². The summed E-state index contributed by atoms with van der Waals surface area (Å²) in [5.41, 5.74) is 1.52. The first-order chi connectivity index (χ1) is 9.02. The first kappa shape index (κ1) is 12.7. The van der Waals surface area contributed by atoms with E-state index in [9.17, 15) is 15.0 Å². The second kappa shape index (κ2) is 4.83. The third kappa shape index (κ3) is 2.40. The Labute approximate surface area is 110 Å². The van der Waals surface area contributed by atoms with Gasteiger partial charge in [-0.05, 0) is 19.1 Å². The van der Waals surface area contributed by atoms with E-state index in [2.05, 4.69) is 0 Å². The number of nitriles is 1. The van der Waals surface area contributed by atoms with Crippen LogP contribution in [0.1, 0.15) is 27.0 Å². The summed E-state index contributed by atoms with van der Waals surface area (Å²) in [6.45, 7) is 1.91. The molecule has 0 heterocycles. The number of carbonyl (C=O) groups is 1. The highest BCUT2D eigenvalue weighted by atomic mass is 16.3. The molecule has 0 aliphatic heterocycles. The fourth-order valence-electron chi connectivity index (χ4n) is 1.71. The normalized spacial score (nSPS) is 9.89. The highest BCUT2D eigenvalue weighted by Crippen LogP contribution is 2.30. The first-order valence-corrected chi connectivity index (χ1v) is 5.60. The highest BCUT2D eigenvalue weighted by Gasteiger charge is 2.15. The minimum atomic E-state index is -0.511. The number of carbonyl (C=O) groups excluding carboxylic acids is 1. The molecule has 0 fully saturated rings. The third-order valence-corrected chi connectivity index (χ3v) is 2.79. The molecule has 19 heavy (non-hydrogen) atoms. The van der Waals surface area contributed by atoms with Crippen molar-refractivity contribution in [2.24, 2.45) is 0 Å². The van der Waals surface area contributed by atoms with Crippen LogP contribution in [-0.4, -0.2) is 16.0 Å². The lowest BCUT2D eigenvalue weighted by Crippen LogP contribution is -2.01. The molecule has 0 unspecified atom stereocenters. The van der Waals surface area contributed by atoms with Crippen molar-refractivity contribution in [3.63, 3.8) is 0 Å². The minimum Gasteiger partial charge on any atom is -0.504 e. The molecular weight excluding hydrogens is 242 g/mol. The highest BCUT2D eigenvalue weighted by molar-refractivity contribution is 6.09. The molecule has 0 saturated heterocycles. The maximum absolute atomic E-state index is 12.2. The van der Waals surface area contributed by atoms with E-state index in [1.165, 1.54) is 6.07 Å². The second-order valence-electron chi connectivity index (χ2n) is 4.20. The van der Waals surface area contributed by atoms with Gasteiger partial charge in [-0.25, -0.2) is 0 Å². The van der Waals surface area contributed by atoms with Crippen molar-refractivity contribution in [3.05, 3.63) is 58.7 Å². The number of nitrogens with zero attached hydrogens (tertiary/aromatic N) is 1. The fraction of sp³-hybridized carbons (Fsp3) is 0.0667. The van der Waals surface area contributed by atoms with Gasteiger partial charge in [-0.3, -0.25) is 4.79 Å². The molecule has 0 saturated carbocycles. The zero-order valence-corrected chi connectivity index (χ0v) is 10.2. The van der Waals surface area contributed by atoms with Crippen molar-refractivity contribution in [1.29, 1.82) is 5.26 Å². The number of rotatable bonds is 2. The summed E-state index contributed by atoms with van der Waals surface area (Å²) in [4.78, 5) is 12.2. The lowest BCUT2D eigenvalue weighted by molar-refractivity contribution is 0.103. The maximum Gasteiger partial charge on any atom is 0.193 e. The van der Waals surface area contributed by atoms with Crippen LogP contribution >= 0.6 is 0 Å². The quantitative estimate of drug-likeness (QED) is 0.636. The van der Waals surface area contributed by atoms with Crippen LogP contribution in [0, 0.1) is 18.3 Å². The molecule has 2 rings (SSSR count). The summed E-state index contributed by atoms with van der Waals surface area (Å²) < 4.78 is 0. The van der Waals surface area contributed by atoms with Crippen LogP contribution in [0.4, 0.5) is 0 Å². The molecule has 2 aromatic rings. The summed E-state index contributed by atoms with van der Waals surface area (Å²) in [6.07, 6.45) is 0. The predicted molar refractivity (Wildman–Crippen MR) is 69.1 cm³/mol. The number of ketones is 1. The van der Waals surface area contributed by atoms with E-state index in [0.29, 0.717) is 5.56 Å². The van der Waals surface area contributed by atoms with Crippen molar-refractivity contribution in [3.8, 4) is 17.6 Å². The third-order valence-electron chi connectivity index (χ3n) is 2.79. The Morgan fingerprint density at radius 3 is 2.32 bits per heavy atom. The summed E-state index contributed by atoms with van der Waals surface area (Å²) >= 11 is 0. The van der Waals surface area contributed by atoms with Crippen LogP contribution < -0.4 is 0 Å². The number of hydrogen-bond donors (Lipinski definition) is 2. The van der Waals surface area contributed by atoms with E-state index in [1.807, 2.05) is 6.92 Å². The van der Waals surface area contributed by atoms with Gasteiger partial charge in [0, 0.05) is 11.1 Å². The van der Waals surface area contributed by atoms with Gasteiger partial charge in [0.05, 0.1) is 5.56 Å². The van der Waals surface area contributed by atoms with Gasteiger partial charge in [0.15, 0.2) is 17.3 Å². The number of phenols is 2. The van der Waals surface area contributed by atoms with Gasteiger partial charge >= 0.3 is 0 Å². The Balaban J connectivity index is 2.48. The summed E-state index contributed by atoms with van der Waals surface area (Å²) in [7, 11) is 0. The minimum absolute atomic E-state index is 0.129. The average molecular weight is 253 g/mol. The number of phenolic OH excluding ortho intramolecular Hbond substituents is 2. The molecule has 2 N–H and O–H groups in total. The van der Waals surface area contributed by atoms with Crippen molar-refractivity contribution in [1.82, 2.24) is 0 Å². The summed E-state index contributed by atoms with van der Waals surface area (Å²) in [5.74, 6) is -1.30. The molecule has 4 nitrogen and oxygen atoms in total. The molecule has 0 atom stereocenters. The largest absolute Gasteiger partial charge is 0.504 e. The van der Waals surface area contributed by atoms with Crippen LogP contribution in [-0.2, 0) is 0 Å². The van der Waals surface area contributed by atoms with Gasteiger partial charge in [-0.15, -0.1) is 0 Å². The molecule has 2 aromatic carbocycles. The van der Waals surface area contributed by atoms with E-state index in [0.717, 1.165) is 11.6 Å². The Morgan fingerprint density at radius 1 is 1.11 bits per heavy atom.